The van der Waals surface area contributed by atoms with Gasteiger partial charge < -0.3 is 15.1 Å². The van der Waals surface area contributed by atoms with Crippen LogP contribution in [-0.4, -0.2) is 29.4 Å². The van der Waals surface area contributed by atoms with E-state index in [1.807, 2.05) is 12.1 Å². The fourth-order valence-corrected chi connectivity index (χ4v) is 3.15. The molecule has 106 valence electrons. The molecule has 0 saturated carbocycles. The van der Waals surface area contributed by atoms with Crippen molar-refractivity contribution < 1.29 is 10.2 Å². The molecule has 2 atom stereocenters. The van der Waals surface area contributed by atoms with Crippen LogP contribution in [0.2, 0.25) is 0 Å². The lowest BCUT2D eigenvalue weighted by molar-refractivity contribution is 0.199. The number of aliphatic hydroxyl groups excluding tert-OH is 2. The predicted octanol–water partition coefficient (Wildman–Crippen LogP) is 3.24. The summed E-state index contributed by atoms with van der Waals surface area (Å²) in [5.74, 6) is 0. The Morgan fingerprint density at radius 2 is 2.16 bits per heavy atom. The maximum absolute atomic E-state index is 9.95. The van der Waals surface area contributed by atoms with Crippen molar-refractivity contribution >= 4 is 21.6 Å². The highest BCUT2D eigenvalue weighted by Gasteiger charge is 2.23. The van der Waals surface area contributed by atoms with Crippen molar-refractivity contribution in [2.75, 3.05) is 18.1 Å². The highest BCUT2D eigenvalue weighted by atomic mass is 79.9. The van der Waals surface area contributed by atoms with E-state index in [1.54, 1.807) is 6.92 Å². The molecule has 2 N–H and O–H groups in total. The molecule has 1 aromatic rings. The van der Waals surface area contributed by atoms with Gasteiger partial charge in [0.2, 0.25) is 0 Å². The highest BCUT2D eigenvalue weighted by Crippen LogP contribution is 2.33. The van der Waals surface area contributed by atoms with Crippen LogP contribution in [0.3, 0.4) is 0 Å². The van der Waals surface area contributed by atoms with Crippen LogP contribution in [0, 0.1) is 0 Å². The fraction of sp³-hybridized carbons (Fsp3) is 0.600. The summed E-state index contributed by atoms with van der Waals surface area (Å²) in [7, 11) is 0. The normalized spacial score (nSPS) is 22.1. The number of anilines is 1. The molecule has 0 radical (unpaired) electrons. The van der Waals surface area contributed by atoms with Crippen LogP contribution < -0.4 is 4.90 Å². The van der Waals surface area contributed by atoms with E-state index >= 15 is 0 Å². The summed E-state index contributed by atoms with van der Waals surface area (Å²) in [6, 6.07) is 6.13. The molecule has 0 bridgehead atoms. The zero-order chi connectivity index (χ0) is 13.8. The van der Waals surface area contributed by atoms with Gasteiger partial charge in [0.1, 0.15) is 0 Å². The molecule has 1 saturated heterocycles. The van der Waals surface area contributed by atoms with Gasteiger partial charge in [0, 0.05) is 22.3 Å². The Balaban J connectivity index is 2.39. The molecule has 19 heavy (non-hydrogen) atoms. The number of hydrogen-bond donors (Lipinski definition) is 2. The summed E-state index contributed by atoms with van der Waals surface area (Å²) in [6.45, 7) is 2.91. The Bertz CT molecular complexity index is 423. The van der Waals surface area contributed by atoms with Crippen molar-refractivity contribution in [3.63, 3.8) is 0 Å². The molecule has 0 aliphatic carbocycles. The highest BCUT2D eigenvalue weighted by molar-refractivity contribution is 9.10. The lowest BCUT2D eigenvalue weighted by Gasteiger charge is -2.33. The van der Waals surface area contributed by atoms with Crippen molar-refractivity contribution in [3.8, 4) is 0 Å². The minimum Gasteiger partial charge on any atom is -0.394 e. The summed E-state index contributed by atoms with van der Waals surface area (Å²) in [6.07, 6.45) is 4.04. The van der Waals surface area contributed by atoms with E-state index < -0.39 is 6.10 Å². The van der Waals surface area contributed by atoms with Gasteiger partial charge in [0.25, 0.3) is 0 Å². The molecule has 0 spiro atoms. The van der Waals surface area contributed by atoms with Crippen LogP contribution in [0.25, 0.3) is 0 Å². The molecule has 1 aliphatic heterocycles. The number of benzene rings is 1. The summed E-state index contributed by atoms with van der Waals surface area (Å²) < 4.78 is 1.01. The van der Waals surface area contributed by atoms with Gasteiger partial charge in [-0.05, 0) is 31.9 Å². The van der Waals surface area contributed by atoms with Crippen molar-refractivity contribution in [1.82, 2.24) is 0 Å². The number of rotatable bonds is 3. The van der Waals surface area contributed by atoms with Gasteiger partial charge in [-0.15, -0.1) is 0 Å². The number of aliphatic hydroxyl groups is 2. The maximum atomic E-state index is 9.95. The molecular formula is C15H22BrNO2. The third-order valence-electron chi connectivity index (χ3n) is 3.84. The van der Waals surface area contributed by atoms with Crippen LogP contribution in [-0.2, 0) is 0 Å². The van der Waals surface area contributed by atoms with Crippen LogP contribution in [0.1, 0.15) is 44.3 Å². The second-order valence-electron chi connectivity index (χ2n) is 5.26. The van der Waals surface area contributed by atoms with Gasteiger partial charge in [-0.25, -0.2) is 0 Å². The van der Waals surface area contributed by atoms with Crippen LogP contribution in [0.4, 0.5) is 5.69 Å². The molecule has 4 heteroatoms. The first kappa shape index (κ1) is 14.8. The van der Waals surface area contributed by atoms with Gasteiger partial charge in [-0.1, -0.05) is 34.8 Å². The van der Waals surface area contributed by atoms with E-state index in [4.69, 9.17) is 0 Å². The van der Waals surface area contributed by atoms with E-state index in [2.05, 4.69) is 26.9 Å². The van der Waals surface area contributed by atoms with Gasteiger partial charge in [-0.3, -0.25) is 0 Å². The average molecular weight is 328 g/mol. The minimum atomic E-state index is -0.495. The Labute approximate surface area is 123 Å². The van der Waals surface area contributed by atoms with Crippen LogP contribution >= 0.6 is 15.9 Å². The van der Waals surface area contributed by atoms with Crippen molar-refractivity contribution in [2.24, 2.45) is 0 Å². The Morgan fingerprint density at radius 3 is 2.84 bits per heavy atom. The molecule has 0 amide bonds. The molecule has 0 aromatic heterocycles. The first-order valence-corrected chi connectivity index (χ1v) is 7.77. The van der Waals surface area contributed by atoms with E-state index in [9.17, 15) is 10.2 Å². The van der Waals surface area contributed by atoms with Crippen molar-refractivity contribution in [3.05, 3.63) is 28.2 Å². The summed E-state index contributed by atoms with van der Waals surface area (Å²) in [4.78, 5) is 2.26. The SMILES string of the molecule is CC(O)c1ccc(Br)cc1N1CCCCCC1CO. The standard InChI is InChI=1S/C15H22BrNO2/c1-11(19)14-7-6-12(16)9-15(14)17-8-4-2-3-5-13(17)10-18/h6-7,9,11,13,18-19H,2-5,8,10H2,1H3. The van der Waals surface area contributed by atoms with E-state index in [-0.39, 0.29) is 12.6 Å². The van der Waals surface area contributed by atoms with Gasteiger partial charge in [-0.2, -0.15) is 0 Å². The van der Waals surface area contributed by atoms with Gasteiger partial charge in [0.05, 0.1) is 18.8 Å². The molecule has 1 aliphatic rings. The number of nitrogens with zero attached hydrogens (tertiary/aromatic N) is 1. The monoisotopic (exact) mass is 327 g/mol. The maximum Gasteiger partial charge on any atom is 0.0782 e. The van der Waals surface area contributed by atoms with Crippen molar-refractivity contribution in [2.45, 2.75) is 44.8 Å². The zero-order valence-electron chi connectivity index (χ0n) is 11.3. The Hall–Kier alpha value is -0.580. The Morgan fingerprint density at radius 1 is 1.37 bits per heavy atom. The number of hydrogen-bond acceptors (Lipinski definition) is 3. The van der Waals surface area contributed by atoms with Crippen molar-refractivity contribution in [1.29, 1.82) is 0 Å². The first-order chi connectivity index (χ1) is 9.13. The third-order valence-corrected chi connectivity index (χ3v) is 4.33. The summed E-state index contributed by atoms with van der Waals surface area (Å²) in [5.41, 5.74) is 1.98. The predicted molar refractivity (Wildman–Crippen MR) is 81.5 cm³/mol. The third kappa shape index (κ3) is 3.50. The molecule has 2 unspecified atom stereocenters. The second kappa shape index (κ2) is 6.73. The lowest BCUT2D eigenvalue weighted by atomic mass is 10.0. The fourth-order valence-electron chi connectivity index (χ4n) is 2.80. The molecule has 1 fully saturated rings. The van der Waals surface area contributed by atoms with Gasteiger partial charge >= 0.3 is 0 Å². The molecule has 1 aromatic carbocycles. The van der Waals surface area contributed by atoms with Gasteiger partial charge in [0.15, 0.2) is 0 Å². The average Bonchev–Trinajstić information content (AvgIpc) is 2.63. The quantitative estimate of drug-likeness (QED) is 0.895. The largest absolute Gasteiger partial charge is 0.394 e. The first-order valence-electron chi connectivity index (χ1n) is 6.98. The second-order valence-corrected chi connectivity index (χ2v) is 6.17. The van der Waals surface area contributed by atoms with Crippen LogP contribution in [0.5, 0.6) is 0 Å². The molecule has 2 rings (SSSR count). The van der Waals surface area contributed by atoms with E-state index in [1.165, 1.54) is 12.8 Å². The van der Waals surface area contributed by atoms with E-state index in [0.29, 0.717) is 0 Å². The smallest absolute Gasteiger partial charge is 0.0782 e. The molecule has 1 heterocycles. The molecule has 3 nitrogen and oxygen atoms in total. The Kier molecular flexibility index (Phi) is 5.25. The summed E-state index contributed by atoms with van der Waals surface area (Å²) in [5, 5.41) is 19.6. The van der Waals surface area contributed by atoms with Crippen LogP contribution in [0.15, 0.2) is 22.7 Å². The molecular weight excluding hydrogens is 306 g/mol. The topological polar surface area (TPSA) is 43.7 Å². The summed E-state index contributed by atoms with van der Waals surface area (Å²) >= 11 is 3.50. The number of halogens is 1. The van der Waals surface area contributed by atoms with E-state index in [0.717, 1.165) is 35.1 Å². The zero-order valence-corrected chi connectivity index (χ0v) is 12.9. The minimum absolute atomic E-state index is 0.161. The lowest BCUT2D eigenvalue weighted by Crippen LogP contribution is -2.38.